The van der Waals surface area contributed by atoms with Crippen molar-refractivity contribution in [2.45, 2.75) is 37.8 Å². The Morgan fingerprint density at radius 1 is 1.32 bits per heavy atom. The average molecular weight is 261 g/mol. The average Bonchev–Trinajstić information content (AvgIpc) is 2.88. The first-order chi connectivity index (χ1) is 9.28. The lowest BCUT2D eigenvalue weighted by Gasteiger charge is -2.35. The van der Waals surface area contributed by atoms with E-state index in [-0.39, 0.29) is 0 Å². The van der Waals surface area contributed by atoms with E-state index in [4.69, 9.17) is 10.5 Å². The highest BCUT2D eigenvalue weighted by Gasteiger charge is 2.31. The highest BCUT2D eigenvalue weighted by molar-refractivity contribution is 5.73. The van der Waals surface area contributed by atoms with Crippen molar-refractivity contribution in [2.75, 3.05) is 31.2 Å². The second-order valence-electron chi connectivity index (χ2n) is 5.62. The largest absolute Gasteiger partial charge is 0.495 e. The smallest absolute Gasteiger partial charge is 0.143 e. The van der Waals surface area contributed by atoms with E-state index in [9.17, 15) is 0 Å². The maximum Gasteiger partial charge on any atom is 0.143 e. The van der Waals surface area contributed by atoms with Crippen LogP contribution >= 0.6 is 0 Å². The van der Waals surface area contributed by atoms with Gasteiger partial charge in [0.1, 0.15) is 5.75 Å². The lowest BCUT2D eigenvalue weighted by atomic mass is 9.97. The summed E-state index contributed by atoms with van der Waals surface area (Å²) in [5.74, 6) is 0.753. The highest BCUT2D eigenvalue weighted by Crippen LogP contribution is 2.33. The number of fused-ring (bicyclic) bond motifs is 1. The molecule has 2 unspecified atom stereocenters. The minimum Gasteiger partial charge on any atom is -0.495 e. The third kappa shape index (κ3) is 2.50. The molecule has 2 fully saturated rings. The lowest BCUT2D eigenvalue weighted by molar-refractivity contribution is 0.188. The molecular formula is C15H23N3O. The predicted molar refractivity (Wildman–Crippen MR) is 78.6 cm³/mol. The Hall–Kier alpha value is -1.42. The minimum atomic E-state index is 0.536. The van der Waals surface area contributed by atoms with E-state index in [1.165, 1.54) is 38.8 Å². The SMILES string of the molecule is COc1cccc(NC2CCN3CCCC3C2)c1N. The summed E-state index contributed by atoms with van der Waals surface area (Å²) in [6, 6.07) is 7.24. The summed E-state index contributed by atoms with van der Waals surface area (Å²) >= 11 is 0. The number of hydrogen-bond donors (Lipinski definition) is 2. The fourth-order valence-corrected chi connectivity index (χ4v) is 3.42. The second-order valence-corrected chi connectivity index (χ2v) is 5.62. The van der Waals surface area contributed by atoms with Gasteiger partial charge >= 0.3 is 0 Å². The van der Waals surface area contributed by atoms with Crippen molar-refractivity contribution in [3.05, 3.63) is 18.2 Å². The van der Waals surface area contributed by atoms with Crippen LogP contribution in [0, 0.1) is 0 Å². The van der Waals surface area contributed by atoms with Crippen molar-refractivity contribution in [1.82, 2.24) is 4.90 Å². The summed E-state index contributed by atoms with van der Waals surface area (Å²) in [5.41, 5.74) is 7.85. The summed E-state index contributed by atoms with van der Waals surface area (Å²) in [7, 11) is 1.66. The van der Waals surface area contributed by atoms with Crippen LogP contribution in [0.15, 0.2) is 18.2 Å². The summed E-state index contributed by atoms with van der Waals surface area (Å²) < 4.78 is 5.27. The third-order valence-electron chi connectivity index (χ3n) is 4.47. The Balaban J connectivity index is 1.68. The molecule has 1 aromatic rings. The van der Waals surface area contributed by atoms with Gasteiger partial charge in [0.2, 0.25) is 0 Å². The van der Waals surface area contributed by atoms with E-state index in [0.29, 0.717) is 6.04 Å². The fraction of sp³-hybridized carbons (Fsp3) is 0.600. The van der Waals surface area contributed by atoms with Crippen molar-refractivity contribution in [2.24, 2.45) is 0 Å². The number of nitrogens with zero attached hydrogens (tertiary/aromatic N) is 1. The van der Waals surface area contributed by atoms with Gasteiger partial charge in [-0.25, -0.2) is 0 Å². The van der Waals surface area contributed by atoms with Crippen molar-refractivity contribution < 1.29 is 4.74 Å². The van der Waals surface area contributed by atoms with Crippen molar-refractivity contribution in [1.29, 1.82) is 0 Å². The van der Waals surface area contributed by atoms with Gasteiger partial charge in [0, 0.05) is 18.6 Å². The summed E-state index contributed by atoms with van der Waals surface area (Å²) in [4.78, 5) is 2.63. The van der Waals surface area contributed by atoms with Crippen molar-refractivity contribution in [3.63, 3.8) is 0 Å². The number of hydrogen-bond acceptors (Lipinski definition) is 4. The topological polar surface area (TPSA) is 50.5 Å². The molecule has 3 N–H and O–H groups in total. The van der Waals surface area contributed by atoms with Crippen LogP contribution in [0.3, 0.4) is 0 Å². The van der Waals surface area contributed by atoms with Crippen LogP contribution in [-0.2, 0) is 0 Å². The molecule has 4 heteroatoms. The van der Waals surface area contributed by atoms with Gasteiger partial charge in [0.05, 0.1) is 18.5 Å². The molecule has 19 heavy (non-hydrogen) atoms. The number of benzene rings is 1. The number of nitrogens with two attached hydrogens (primary N) is 1. The van der Waals surface area contributed by atoms with Gasteiger partial charge in [-0.2, -0.15) is 0 Å². The summed E-state index contributed by atoms with van der Waals surface area (Å²) in [6.45, 7) is 2.50. The number of anilines is 2. The van der Waals surface area contributed by atoms with Gasteiger partial charge in [-0.05, 0) is 44.4 Å². The molecule has 4 nitrogen and oxygen atoms in total. The van der Waals surface area contributed by atoms with E-state index < -0.39 is 0 Å². The zero-order chi connectivity index (χ0) is 13.2. The van der Waals surface area contributed by atoms with Crippen LogP contribution in [0.1, 0.15) is 25.7 Å². The van der Waals surface area contributed by atoms with Gasteiger partial charge in [-0.3, -0.25) is 0 Å². The Morgan fingerprint density at radius 2 is 2.21 bits per heavy atom. The number of nitrogen functional groups attached to an aromatic ring is 1. The Kier molecular flexibility index (Phi) is 3.51. The Morgan fingerprint density at radius 3 is 3.05 bits per heavy atom. The van der Waals surface area contributed by atoms with E-state index >= 15 is 0 Å². The number of nitrogens with one attached hydrogen (secondary N) is 1. The highest BCUT2D eigenvalue weighted by atomic mass is 16.5. The summed E-state index contributed by atoms with van der Waals surface area (Å²) in [5, 5.41) is 3.60. The number of methoxy groups -OCH3 is 1. The molecule has 0 aliphatic carbocycles. The first kappa shape index (κ1) is 12.6. The zero-order valence-electron chi connectivity index (χ0n) is 11.6. The molecule has 0 spiro atoms. The van der Waals surface area contributed by atoms with E-state index in [1.807, 2.05) is 18.2 Å². The molecule has 3 rings (SSSR count). The van der Waals surface area contributed by atoms with Gasteiger partial charge in [0.15, 0.2) is 0 Å². The molecule has 0 aromatic heterocycles. The second kappa shape index (κ2) is 5.29. The maximum absolute atomic E-state index is 6.12. The molecule has 1 aromatic carbocycles. The van der Waals surface area contributed by atoms with E-state index in [0.717, 1.165) is 23.2 Å². The molecular weight excluding hydrogens is 238 g/mol. The standard InChI is InChI=1S/C15H23N3O/c1-19-14-6-2-5-13(15(14)16)17-11-7-9-18-8-3-4-12(18)10-11/h2,5-6,11-12,17H,3-4,7-10,16H2,1H3. The normalized spacial score (nSPS) is 27.0. The zero-order valence-corrected chi connectivity index (χ0v) is 11.6. The van der Waals surface area contributed by atoms with Crippen LogP contribution < -0.4 is 15.8 Å². The van der Waals surface area contributed by atoms with Crippen molar-refractivity contribution >= 4 is 11.4 Å². The molecule has 0 bridgehead atoms. The van der Waals surface area contributed by atoms with Crippen LogP contribution in [0.2, 0.25) is 0 Å². The maximum atomic E-state index is 6.12. The van der Waals surface area contributed by atoms with Crippen LogP contribution in [0.4, 0.5) is 11.4 Å². The molecule has 104 valence electrons. The lowest BCUT2D eigenvalue weighted by Crippen LogP contribution is -2.42. The molecule has 0 amide bonds. The molecule has 2 aliphatic rings. The molecule has 2 saturated heterocycles. The molecule has 0 saturated carbocycles. The van der Waals surface area contributed by atoms with Crippen molar-refractivity contribution in [3.8, 4) is 5.75 Å². The predicted octanol–water partition coefficient (Wildman–Crippen LogP) is 2.32. The van der Waals surface area contributed by atoms with Gasteiger partial charge in [0.25, 0.3) is 0 Å². The molecule has 2 aliphatic heterocycles. The van der Waals surface area contributed by atoms with Crippen LogP contribution in [-0.4, -0.2) is 37.2 Å². The Bertz CT molecular complexity index is 449. The van der Waals surface area contributed by atoms with Crippen LogP contribution in [0.25, 0.3) is 0 Å². The van der Waals surface area contributed by atoms with Gasteiger partial charge in [-0.1, -0.05) is 6.07 Å². The number of rotatable bonds is 3. The molecule has 2 heterocycles. The Labute approximate surface area is 114 Å². The van der Waals surface area contributed by atoms with E-state index in [2.05, 4.69) is 10.2 Å². The minimum absolute atomic E-state index is 0.536. The first-order valence-corrected chi connectivity index (χ1v) is 7.21. The fourth-order valence-electron chi connectivity index (χ4n) is 3.42. The van der Waals surface area contributed by atoms with Gasteiger partial charge in [-0.15, -0.1) is 0 Å². The van der Waals surface area contributed by atoms with Crippen LogP contribution in [0.5, 0.6) is 5.75 Å². The number of para-hydroxylation sites is 1. The molecule has 2 atom stereocenters. The third-order valence-corrected chi connectivity index (χ3v) is 4.47. The number of ether oxygens (including phenoxy) is 1. The first-order valence-electron chi connectivity index (χ1n) is 7.21. The quantitative estimate of drug-likeness (QED) is 0.820. The summed E-state index contributed by atoms with van der Waals surface area (Å²) in [6.07, 6.45) is 5.15. The van der Waals surface area contributed by atoms with E-state index in [1.54, 1.807) is 7.11 Å². The molecule has 0 radical (unpaired) electrons. The number of piperidine rings is 1. The monoisotopic (exact) mass is 261 g/mol. The van der Waals surface area contributed by atoms with Gasteiger partial charge < -0.3 is 20.7 Å².